The van der Waals surface area contributed by atoms with Crippen LogP contribution in [0.15, 0.2) is 42.6 Å². The molecule has 0 radical (unpaired) electrons. The Bertz CT molecular complexity index is 678. The van der Waals surface area contributed by atoms with E-state index in [-0.39, 0.29) is 18.6 Å². The topological polar surface area (TPSA) is 64.5 Å². The number of amides is 1. The summed E-state index contributed by atoms with van der Waals surface area (Å²) in [4.78, 5) is 22.4. The fraction of sp³-hybridized carbons (Fsp3) is 0.389. The van der Waals surface area contributed by atoms with E-state index < -0.39 is 0 Å². The summed E-state index contributed by atoms with van der Waals surface area (Å²) < 4.78 is 11.4. The number of piperidine rings is 1. The van der Waals surface area contributed by atoms with Crippen LogP contribution in [0, 0.1) is 6.92 Å². The van der Waals surface area contributed by atoms with Crippen LogP contribution >= 0.6 is 0 Å². The van der Waals surface area contributed by atoms with Gasteiger partial charge in [0.25, 0.3) is 5.91 Å². The number of hydrogen-bond acceptors (Lipinski definition) is 5. The predicted octanol–water partition coefficient (Wildman–Crippen LogP) is 2.23. The molecule has 3 rings (SSSR count). The molecule has 1 saturated heterocycles. The average Bonchev–Trinajstić information content (AvgIpc) is 2.61. The Morgan fingerprint density at radius 2 is 2.12 bits per heavy atom. The molecule has 126 valence electrons. The summed E-state index contributed by atoms with van der Waals surface area (Å²) >= 11 is 0. The number of para-hydroxylation sites is 1. The first-order chi connectivity index (χ1) is 11.7. The first kappa shape index (κ1) is 16.2. The molecule has 1 fully saturated rings. The number of hydrogen-bond donors (Lipinski definition) is 0. The second kappa shape index (κ2) is 7.77. The average molecular weight is 327 g/mol. The number of nitrogens with zero attached hydrogens (tertiary/aromatic N) is 3. The normalized spacial score (nSPS) is 17.4. The van der Waals surface area contributed by atoms with Crippen molar-refractivity contribution >= 4 is 5.91 Å². The van der Waals surface area contributed by atoms with Gasteiger partial charge in [-0.1, -0.05) is 18.2 Å². The van der Waals surface area contributed by atoms with Gasteiger partial charge in [-0.2, -0.15) is 4.98 Å². The Morgan fingerprint density at radius 3 is 2.92 bits per heavy atom. The van der Waals surface area contributed by atoms with Crippen molar-refractivity contribution in [2.24, 2.45) is 0 Å². The lowest BCUT2D eigenvalue weighted by Crippen LogP contribution is -2.46. The molecule has 0 aliphatic carbocycles. The highest BCUT2D eigenvalue weighted by Crippen LogP contribution is 2.17. The molecular weight excluding hydrogens is 306 g/mol. The number of likely N-dealkylation sites (tertiary alicyclic amines) is 1. The molecule has 0 saturated carbocycles. The van der Waals surface area contributed by atoms with Gasteiger partial charge < -0.3 is 14.4 Å². The largest absolute Gasteiger partial charge is 0.484 e. The summed E-state index contributed by atoms with van der Waals surface area (Å²) in [5.74, 6) is 1.91. The molecule has 2 heterocycles. The number of carbonyl (C=O) groups excluding carboxylic acids is 1. The van der Waals surface area contributed by atoms with Crippen LogP contribution in [0.4, 0.5) is 0 Å². The summed E-state index contributed by atoms with van der Waals surface area (Å²) in [6.07, 6.45) is 3.45. The van der Waals surface area contributed by atoms with Gasteiger partial charge in [-0.05, 0) is 31.9 Å². The molecule has 0 spiro atoms. The number of rotatable bonds is 5. The van der Waals surface area contributed by atoms with Crippen molar-refractivity contribution in [3.63, 3.8) is 0 Å². The third-order valence-corrected chi connectivity index (χ3v) is 3.87. The molecule has 1 unspecified atom stereocenters. The van der Waals surface area contributed by atoms with Crippen LogP contribution < -0.4 is 9.47 Å². The van der Waals surface area contributed by atoms with E-state index in [9.17, 15) is 4.79 Å². The molecule has 1 aromatic heterocycles. The minimum atomic E-state index is -0.0475. The molecule has 1 atom stereocenters. The van der Waals surface area contributed by atoms with E-state index in [2.05, 4.69) is 9.97 Å². The zero-order valence-electron chi connectivity index (χ0n) is 13.7. The van der Waals surface area contributed by atoms with Gasteiger partial charge in [-0.25, -0.2) is 4.98 Å². The number of ether oxygens (including phenoxy) is 2. The highest BCUT2D eigenvalue weighted by atomic mass is 16.5. The zero-order valence-corrected chi connectivity index (χ0v) is 13.7. The number of aromatic nitrogens is 2. The lowest BCUT2D eigenvalue weighted by Gasteiger charge is -2.32. The summed E-state index contributed by atoms with van der Waals surface area (Å²) in [5, 5.41) is 0. The second-order valence-corrected chi connectivity index (χ2v) is 5.77. The van der Waals surface area contributed by atoms with Crippen molar-refractivity contribution in [2.75, 3.05) is 19.7 Å². The van der Waals surface area contributed by atoms with Crippen LogP contribution in [0.1, 0.15) is 18.7 Å². The molecule has 6 heteroatoms. The summed E-state index contributed by atoms with van der Waals surface area (Å²) in [5.41, 5.74) is 0. The first-order valence-corrected chi connectivity index (χ1v) is 8.12. The van der Waals surface area contributed by atoms with E-state index >= 15 is 0 Å². The third kappa shape index (κ3) is 4.44. The van der Waals surface area contributed by atoms with E-state index in [1.165, 1.54) is 0 Å². The molecule has 1 amide bonds. The standard InChI is InChI=1S/C18H21N3O3/c1-14-19-10-9-17(20-14)24-16-8-5-11-21(12-16)18(22)13-23-15-6-3-2-4-7-15/h2-4,6-7,9-10,16H,5,8,11-13H2,1H3. The highest BCUT2D eigenvalue weighted by molar-refractivity contribution is 5.77. The molecule has 1 aromatic carbocycles. The monoisotopic (exact) mass is 327 g/mol. The van der Waals surface area contributed by atoms with Gasteiger partial charge in [0.15, 0.2) is 6.61 Å². The van der Waals surface area contributed by atoms with Crippen LogP contribution in [0.3, 0.4) is 0 Å². The lowest BCUT2D eigenvalue weighted by molar-refractivity contribution is -0.136. The van der Waals surface area contributed by atoms with E-state index in [1.807, 2.05) is 37.3 Å². The zero-order chi connectivity index (χ0) is 16.8. The smallest absolute Gasteiger partial charge is 0.260 e. The molecule has 2 aromatic rings. The van der Waals surface area contributed by atoms with Gasteiger partial charge in [-0.15, -0.1) is 0 Å². The van der Waals surface area contributed by atoms with Gasteiger partial charge >= 0.3 is 0 Å². The van der Waals surface area contributed by atoms with E-state index in [4.69, 9.17) is 9.47 Å². The van der Waals surface area contributed by atoms with Crippen LogP contribution in [-0.2, 0) is 4.79 Å². The maximum absolute atomic E-state index is 12.3. The maximum Gasteiger partial charge on any atom is 0.260 e. The van der Waals surface area contributed by atoms with Crippen molar-refractivity contribution in [3.8, 4) is 11.6 Å². The highest BCUT2D eigenvalue weighted by Gasteiger charge is 2.25. The molecule has 0 N–H and O–H groups in total. The van der Waals surface area contributed by atoms with Gasteiger partial charge in [0.2, 0.25) is 5.88 Å². The van der Waals surface area contributed by atoms with Crippen molar-refractivity contribution < 1.29 is 14.3 Å². The quantitative estimate of drug-likeness (QED) is 0.842. The molecule has 24 heavy (non-hydrogen) atoms. The van der Waals surface area contributed by atoms with Gasteiger partial charge in [0.1, 0.15) is 17.7 Å². The Kier molecular flexibility index (Phi) is 5.25. The predicted molar refractivity (Wildman–Crippen MR) is 88.9 cm³/mol. The van der Waals surface area contributed by atoms with E-state index in [0.717, 1.165) is 19.4 Å². The Hall–Kier alpha value is -2.63. The molecule has 1 aliphatic heterocycles. The lowest BCUT2D eigenvalue weighted by atomic mass is 10.1. The summed E-state index contributed by atoms with van der Waals surface area (Å²) in [7, 11) is 0. The van der Waals surface area contributed by atoms with E-state index in [0.29, 0.717) is 24.0 Å². The Morgan fingerprint density at radius 1 is 1.29 bits per heavy atom. The second-order valence-electron chi connectivity index (χ2n) is 5.77. The number of carbonyl (C=O) groups is 1. The van der Waals surface area contributed by atoms with Crippen LogP contribution in [0.25, 0.3) is 0 Å². The number of benzene rings is 1. The van der Waals surface area contributed by atoms with Crippen molar-refractivity contribution in [3.05, 3.63) is 48.4 Å². The Balaban J connectivity index is 1.52. The maximum atomic E-state index is 12.3. The van der Waals surface area contributed by atoms with Crippen molar-refractivity contribution in [2.45, 2.75) is 25.9 Å². The fourth-order valence-corrected chi connectivity index (χ4v) is 2.68. The van der Waals surface area contributed by atoms with Gasteiger partial charge in [-0.3, -0.25) is 4.79 Å². The minimum absolute atomic E-state index is 0.0222. The number of aryl methyl sites for hydroxylation is 1. The molecule has 1 aliphatic rings. The minimum Gasteiger partial charge on any atom is -0.484 e. The van der Waals surface area contributed by atoms with Crippen molar-refractivity contribution in [1.82, 2.24) is 14.9 Å². The Labute approximate surface area is 141 Å². The van der Waals surface area contributed by atoms with Gasteiger partial charge in [0.05, 0.1) is 6.54 Å². The summed E-state index contributed by atoms with van der Waals surface area (Å²) in [6, 6.07) is 11.1. The van der Waals surface area contributed by atoms with E-state index in [1.54, 1.807) is 17.2 Å². The van der Waals surface area contributed by atoms with Crippen molar-refractivity contribution in [1.29, 1.82) is 0 Å². The summed E-state index contributed by atoms with van der Waals surface area (Å²) in [6.45, 7) is 3.16. The molecule has 6 nitrogen and oxygen atoms in total. The SMILES string of the molecule is Cc1nccc(OC2CCCN(C(=O)COc3ccccc3)C2)n1. The van der Waals surface area contributed by atoms with Gasteiger partial charge in [0, 0.05) is 18.8 Å². The first-order valence-electron chi connectivity index (χ1n) is 8.12. The molecule has 0 bridgehead atoms. The fourth-order valence-electron chi connectivity index (χ4n) is 2.68. The van der Waals surface area contributed by atoms with Crippen LogP contribution in [0.5, 0.6) is 11.6 Å². The van der Waals surface area contributed by atoms with Crippen LogP contribution in [0.2, 0.25) is 0 Å². The third-order valence-electron chi connectivity index (χ3n) is 3.87. The van der Waals surface area contributed by atoms with Crippen LogP contribution in [-0.4, -0.2) is 46.6 Å². The molecular formula is C18H21N3O3.